The molecule has 1 heterocycles. The van der Waals surface area contributed by atoms with Crippen LogP contribution in [0.2, 0.25) is 0 Å². The van der Waals surface area contributed by atoms with Crippen molar-refractivity contribution in [2.75, 3.05) is 13.1 Å². The number of carbonyl (C=O) groups excluding carboxylic acids is 1. The van der Waals surface area contributed by atoms with E-state index in [4.69, 9.17) is 5.73 Å². The van der Waals surface area contributed by atoms with Gasteiger partial charge in [0.25, 0.3) is 0 Å². The third-order valence-corrected chi connectivity index (χ3v) is 4.27. The highest BCUT2D eigenvalue weighted by Crippen LogP contribution is 2.20. The molecule has 0 bridgehead atoms. The molecule has 0 spiro atoms. The summed E-state index contributed by atoms with van der Waals surface area (Å²) in [7, 11) is 0. The maximum Gasteiger partial charge on any atom is 0.237 e. The van der Waals surface area contributed by atoms with Crippen LogP contribution in [0.25, 0.3) is 0 Å². The van der Waals surface area contributed by atoms with E-state index in [-0.39, 0.29) is 24.0 Å². The third-order valence-electron chi connectivity index (χ3n) is 4.27. The number of hydrogen-bond acceptors (Lipinski definition) is 3. The van der Waals surface area contributed by atoms with Crippen molar-refractivity contribution in [3.63, 3.8) is 0 Å². The monoisotopic (exact) mass is 269 g/mol. The van der Waals surface area contributed by atoms with Crippen LogP contribution >= 0.6 is 0 Å². The fraction of sp³-hybridized carbons (Fsp3) is 0.933. The van der Waals surface area contributed by atoms with Gasteiger partial charge in [-0.15, -0.1) is 0 Å². The lowest BCUT2D eigenvalue weighted by Crippen LogP contribution is -2.52. The Kier molecular flexibility index (Phi) is 6.80. The second-order valence-electron chi connectivity index (χ2n) is 6.13. The second kappa shape index (κ2) is 7.85. The van der Waals surface area contributed by atoms with E-state index in [0.717, 1.165) is 32.4 Å². The van der Waals surface area contributed by atoms with Crippen molar-refractivity contribution >= 4 is 5.91 Å². The number of nitrogens with zero attached hydrogens (tertiary/aromatic N) is 1. The smallest absolute Gasteiger partial charge is 0.237 e. The van der Waals surface area contributed by atoms with E-state index in [9.17, 15) is 4.79 Å². The normalized spacial score (nSPS) is 25.6. The van der Waals surface area contributed by atoms with Crippen LogP contribution in [0.4, 0.5) is 0 Å². The van der Waals surface area contributed by atoms with Gasteiger partial charge in [-0.1, -0.05) is 13.3 Å². The van der Waals surface area contributed by atoms with Crippen molar-refractivity contribution in [3.8, 4) is 0 Å². The number of carbonyl (C=O) groups is 1. The van der Waals surface area contributed by atoms with Crippen molar-refractivity contribution in [1.82, 2.24) is 10.2 Å². The number of nitrogens with one attached hydrogen (secondary N) is 1. The van der Waals surface area contributed by atoms with E-state index in [1.54, 1.807) is 0 Å². The molecule has 1 fully saturated rings. The lowest BCUT2D eigenvalue weighted by molar-refractivity contribution is -0.127. The highest BCUT2D eigenvalue weighted by Gasteiger charge is 2.29. The van der Waals surface area contributed by atoms with Gasteiger partial charge in [0, 0.05) is 18.6 Å². The predicted octanol–water partition coefficient (Wildman–Crippen LogP) is 1.74. The number of piperidine rings is 1. The molecule has 19 heavy (non-hydrogen) atoms. The molecule has 0 aromatic rings. The molecule has 0 radical (unpaired) electrons. The minimum atomic E-state index is -0.0409. The van der Waals surface area contributed by atoms with Crippen molar-refractivity contribution in [2.45, 2.75) is 71.5 Å². The van der Waals surface area contributed by atoms with Crippen LogP contribution in [0.1, 0.15) is 53.4 Å². The lowest BCUT2D eigenvalue weighted by Gasteiger charge is -2.37. The predicted molar refractivity (Wildman–Crippen MR) is 79.9 cm³/mol. The molecule has 4 atom stereocenters. The molecular weight excluding hydrogens is 238 g/mol. The Morgan fingerprint density at radius 3 is 2.68 bits per heavy atom. The first-order valence-corrected chi connectivity index (χ1v) is 7.75. The summed E-state index contributed by atoms with van der Waals surface area (Å²) in [6, 6.07) is 0.451. The van der Waals surface area contributed by atoms with E-state index < -0.39 is 0 Å². The first kappa shape index (κ1) is 16.4. The van der Waals surface area contributed by atoms with Crippen LogP contribution < -0.4 is 11.1 Å². The van der Waals surface area contributed by atoms with Gasteiger partial charge in [0.05, 0.1) is 6.04 Å². The summed E-state index contributed by atoms with van der Waals surface area (Å²) in [6.45, 7) is 10.3. The molecule has 0 aromatic carbocycles. The van der Waals surface area contributed by atoms with E-state index >= 15 is 0 Å². The summed E-state index contributed by atoms with van der Waals surface area (Å²) in [5.74, 6) is 0.684. The van der Waals surface area contributed by atoms with Crippen LogP contribution in [-0.4, -0.2) is 42.0 Å². The molecule has 4 nitrogen and oxygen atoms in total. The van der Waals surface area contributed by atoms with Gasteiger partial charge in [-0.3, -0.25) is 9.69 Å². The minimum absolute atomic E-state index is 0.0409. The summed E-state index contributed by atoms with van der Waals surface area (Å²) in [5, 5.41) is 3.11. The first-order valence-electron chi connectivity index (χ1n) is 7.75. The van der Waals surface area contributed by atoms with Gasteiger partial charge in [0.1, 0.15) is 0 Å². The zero-order chi connectivity index (χ0) is 14.4. The maximum absolute atomic E-state index is 12.2. The molecule has 0 aromatic heterocycles. The van der Waals surface area contributed by atoms with Gasteiger partial charge in [0.2, 0.25) is 5.91 Å². The Morgan fingerprint density at radius 1 is 1.42 bits per heavy atom. The van der Waals surface area contributed by atoms with Crippen molar-refractivity contribution in [2.24, 2.45) is 11.7 Å². The molecule has 1 aliphatic rings. The largest absolute Gasteiger partial charge is 0.352 e. The molecular formula is C15H31N3O. The molecule has 112 valence electrons. The molecule has 0 aliphatic carbocycles. The first-order chi connectivity index (χ1) is 8.95. The quantitative estimate of drug-likeness (QED) is 0.772. The maximum atomic E-state index is 12.2. The van der Waals surface area contributed by atoms with Gasteiger partial charge in [0.15, 0.2) is 0 Å². The van der Waals surface area contributed by atoms with Crippen molar-refractivity contribution < 1.29 is 4.79 Å². The molecule has 1 aliphatic heterocycles. The SMILES string of the molecule is CCCC(C)NC(=O)C(C)N1CCCC(C(C)N)C1. The Morgan fingerprint density at radius 2 is 2.11 bits per heavy atom. The van der Waals surface area contributed by atoms with Crippen LogP contribution in [0.3, 0.4) is 0 Å². The van der Waals surface area contributed by atoms with Crippen LogP contribution in [0, 0.1) is 5.92 Å². The van der Waals surface area contributed by atoms with Crippen molar-refractivity contribution in [1.29, 1.82) is 0 Å². The average molecular weight is 269 g/mol. The zero-order valence-electron chi connectivity index (χ0n) is 13.0. The number of nitrogens with two attached hydrogens (primary N) is 1. The van der Waals surface area contributed by atoms with Gasteiger partial charge >= 0.3 is 0 Å². The highest BCUT2D eigenvalue weighted by molar-refractivity contribution is 5.81. The van der Waals surface area contributed by atoms with Crippen LogP contribution in [0.15, 0.2) is 0 Å². The van der Waals surface area contributed by atoms with Crippen LogP contribution in [-0.2, 0) is 4.79 Å². The Balaban J connectivity index is 2.47. The number of amides is 1. The topological polar surface area (TPSA) is 58.4 Å². The molecule has 4 heteroatoms. The third kappa shape index (κ3) is 5.11. The summed E-state index contributed by atoms with van der Waals surface area (Å²) in [5.41, 5.74) is 6.00. The van der Waals surface area contributed by atoms with E-state index in [0.29, 0.717) is 5.92 Å². The van der Waals surface area contributed by atoms with E-state index in [2.05, 4.69) is 31.0 Å². The number of likely N-dealkylation sites (tertiary alicyclic amines) is 1. The number of rotatable bonds is 6. The lowest BCUT2D eigenvalue weighted by atomic mass is 9.91. The van der Waals surface area contributed by atoms with Gasteiger partial charge in [-0.25, -0.2) is 0 Å². The van der Waals surface area contributed by atoms with Gasteiger partial charge in [-0.05, 0) is 52.5 Å². The van der Waals surface area contributed by atoms with Gasteiger partial charge < -0.3 is 11.1 Å². The summed E-state index contributed by atoms with van der Waals surface area (Å²) in [4.78, 5) is 14.5. The molecule has 1 rings (SSSR count). The minimum Gasteiger partial charge on any atom is -0.352 e. The molecule has 0 saturated carbocycles. The number of hydrogen-bond donors (Lipinski definition) is 2. The van der Waals surface area contributed by atoms with Crippen LogP contribution in [0.5, 0.6) is 0 Å². The molecule has 4 unspecified atom stereocenters. The summed E-state index contributed by atoms with van der Waals surface area (Å²) in [6.07, 6.45) is 4.48. The summed E-state index contributed by atoms with van der Waals surface area (Å²) < 4.78 is 0. The molecule has 1 saturated heterocycles. The highest BCUT2D eigenvalue weighted by atomic mass is 16.2. The van der Waals surface area contributed by atoms with Gasteiger partial charge in [-0.2, -0.15) is 0 Å². The summed E-state index contributed by atoms with van der Waals surface area (Å²) >= 11 is 0. The Labute approximate surface area is 118 Å². The Bertz CT molecular complexity index is 281. The Hall–Kier alpha value is -0.610. The second-order valence-corrected chi connectivity index (χ2v) is 6.13. The molecule has 3 N–H and O–H groups in total. The zero-order valence-corrected chi connectivity index (χ0v) is 13.0. The standard InChI is InChI=1S/C15H31N3O/c1-5-7-11(2)17-15(19)13(4)18-9-6-8-14(10-18)12(3)16/h11-14H,5-10,16H2,1-4H3,(H,17,19). The fourth-order valence-corrected chi connectivity index (χ4v) is 2.86. The fourth-order valence-electron chi connectivity index (χ4n) is 2.86. The average Bonchev–Trinajstić information content (AvgIpc) is 2.38. The van der Waals surface area contributed by atoms with E-state index in [1.165, 1.54) is 6.42 Å². The van der Waals surface area contributed by atoms with Crippen molar-refractivity contribution in [3.05, 3.63) is 0 Å². The van der Waals surface area contributed by atoms with E-state index in [1.807, 2.05) is 6.92 Å². The molecule has 1 amide bonds.